The SMILES string of the molecule is CC1(C)CCC[C@]2(C)[C@@H]1CC[C@@]13C[C@@H](CC[C@H]12)[C@@H](O)C3. The van der Waals surface area contributed by atoms with Gasteiger partial charge in [-0.2, -0.15) is 0 Å². The van der Waals surface area contributed by atoms with E-state index in [-0.39, 0.29) is 6.10 Å². The van der Waals surface area contributed by atoms with Crippen LogP contribution < -0.4 is 0 Å². The Morgan fingerprint density at radius 2 is 1.65 bits per heavy atom. The quantitative estimate of drug-likeness (QED) is 0.675. The average molecular weight is 276 g/mol. The Morgan fingerprint density at radius 3 is 2.45 bits per heavy atom. The molecule has 4 aliphatic rings. The molecule has 4 rings (SSSR count). The Balaban J connectivity index is 1.72. The number of hydrogen-bond acceptors (Lipinski definition) is 1. The van der Waals surface area contributed by atoms with Crippen LogP contribution in [-0.4, -0.2) is 11.2 Å². The fraction of sp³-hybridized carbons (Fsp3) is 1.00. The lowest BCUT2D eigenvalue weighted by Gasteiger charge is -2.64. The zero-order valence-electron chi connectivity index (χ0n) is 13.6. The summed E-state index contributed by atoms with van der Waals surface area (Å²) in [5, 5.41) is 10.4. The van der Waals surface area contributed by atoms with E-state index >= 15 is 0 Å². The molecule has 2 bridgehead atoms. The van der Waals surface area contributed by atoms with Gasteiger partial charge in [0.05, 0.1) is 6.10 Å². The van der Waals surface area contributed by atoms with Crippen molar-refractivity contribution >= 4 is 0 Å². The summed E-state index contributed by atoms with van der Waals surface area (Å²) >= 11 is 0. The molecule has 0 saturated heterocycles. The average Bonchev–Trinajstić information content (AvgIpc) is 2.58. The van der Waals surface area contributed by atoms with Gasteiger partial charge in [-0.15, -0.1) is 0 Å². The maximum atomic E-state index is 10.4. The fourth-order valence-corrected chi connectivity index (χ4v) is 7.73. The molecule has 4 aliphatic carbocycles. The van der Waals surface area contributed by atoms with Crippen molar-refractivity contribution in [2.24, 2.45) is 34.0 Å². The van der Waals surface area contributed by atoms with Gasteiger partial charge in [0.1, 0.15) is 0 Å². The maximum absolute atomic E-state index is 10.4. The summed E-state index contributed by atoms with van der Waals surface area (Å²) in [5.74, 6) is 2.47. The minimum Gasteiger partial charge on any atom is -0.393 e. The Hall–Kier alpha value is -0.0400. The number of hydrogen-bond donors (Lipinski definition) is 1. The third kappa shape index (κ3) is 1.59. The van der Waals surface area contributed by atoms with Crippen molar-refractivity contribution in [2.45, 2.75) is 84.7 Å². The van der Waals surface area contributed by atoms with Crippen molar-refractivity contribution < 1.29 is 5.11 Å². The molecule has 0 aliphatic heterocycles. The van der Waals surface area contributed by atoms with Crippen LogP contribution in [-0.2, 0) is 0 Å². The standard InChI is InChI=1S/C19H32O/c1-17(2)8-4-9-18(3)15(17)7-10-19-11-13(14(20)12-19)5-6-16(18)19/h13-16,20H,4-12H2,1-3H3/t13-,14+,15-,16+,18-,19+/m1/s1. The van der Waals surface area contributed by atoms with Crippen LogP contribution in [0.5, 0.6) is 0 Å². The van der Waals surface area contributed by atoms with E-state index in [9.17, 15) is 5.11 Å². The van der Waals surface area contributed by atoms with Crippen molar-refractivity contribution in [3.05, 3.63) is 0 Å². The molecule has 20 heavy (non-hydrogen) atoms. The molecule has 0 amide bonds. The Kier molecular flexibility index (Phi) is 2.74. The Bertz CT molecular complexity index is 410. The van der Waals surface area contributed by atoms with E-state index in [0.29, 0.717) is 22.2 Å². The fourth-order valence-electron chi connectivity index (χ4n) is 7.73. The minimum atomic E-state index is 0.0248. The summed E-state index contributed by atoms with van der Waals surface area (Å²) in [7, 11) is 0. The first-order chi connectivity index (χ1) is 9.37. The summed E-state index contributed by atoms with van der Waals surface area (Å²) in [5.41, 5.74) is 1.64. The van der Waals surface area contributed by atoms with E-state index in [0.717, 1.165) is 18.3 Å². The third-order valence-electron chi connectivity index (χ3n) is 8.40. The van der Waals surface area contributed by atoms with E-state index in [1.807, 2.05) is 0 Å². The van der Waals surface area contributed by atoms with Crippen molar-refractivity contribution in [2.75, 3.05) is 0 Å². The van der Waals surface area contributed by atoms with E-state index in [2.05, 4.69) is 20.8 Å². The molecular weight excluding hydrogens is 244 g/mol. The monoisotopic (exact) mass is 276 g/mol. The van der Waals surface area contributed by atoms with Crippen LogP contribution >= 0.6 is 0 Å². The molecule has 0 aromatic rings. The van der Waals surface area contributed by atoms with Crippen molar-refractivity contribution in [3.63, 3.8) is 0 Å². The molecule has 1 N–H and O–H groups in total. The molecule has 4 saturated carbocycles. The van der Waals surface area contributed by atoms with Crippen molar-refractivity contribution in [1.29, 1.82) is 0 Å². The highest BCUT2D eigenvalue weighted by Crippen LogP contribution is 2.71. The summed E-state index contributed by atoms with van der Waals surface area (Å²) in [6.45, 7) is 7.69. The van der Waals surface area contributed by atoms with Gasteiger partial charge >= 0.3 is 0 Å². The first-order valence-corrected chi connectivity index (χ1v) is 9.06. The van der Waals surface area contributed by atoms with Gasteiger partial charge in [0.15, 0.2) is 0 Å². The molecule has 0 radical (unpaired) electrons. The van der Waals surface area contributed by atoms with E-state index in [1.54, 1.807) is 0 Å². The second-order valence-electron chi connectivity index (χ2n) is 9.67. The molecule has 1 spiro atoms. The molecule has 4 fully saturated rings. The Morgan fingerprint density at radius 1 is 0.850 bits per heavy atom. The van der Waals surface area contributed by atoms with Gasteiger partial charge in [0, 0.05) is 0 Å². The molecule has 0 heterocycles. The van der Waals surface area contributed by atoms with Crippen LogP contribution in [0.2, 0.25) is 0 Å². The molecule has 114 valence electrons. The second kappa shape index (κ2) is 4.03. The van der Waals surface area contributed by atoms with E-state index < -0.39 is 0 Å². The van der Waals surface area contributed by atoms with Gasteiger partial charge in [-0.1, -0.05) is 27.2 Å². The van der Waals surface area contributed by atoms with E-state index in [4.69, 9.17) is 0 Å². The predicted octanol–water partition coefficient (Wildman–Crippen LogP) is 4.78. The van der Waals surface area contributed by atoms with Crippen molar-refractivity contribution in [1.82, 2.24) is 0 Å². The number of fused-ring (bicyclic) bond motifs is 3. The highest BCUT2D eigenvalue weighted by Gasteiger charge is 2.63. The van der Waals surface area contributed by atoms with Crippen LogP contribution in [0.3, 0.4) is 0 Å². The first-order valence-electron chi connectivity index (χ1n) is 9.06. The minimum absolute atomic E-state index is 0.0248. The molecule has 1 nitrogen and oxygen atoms in total. The highest BCUT2D eigenvalue weighted by atomic mass is 16.3. The zero-order valence-corrected chi connectivity index (χ0v) is 13.6. The number of rotatable bonds is 0. The summed E-state index contributed by atoms with van der Waals surface area (Å²) < 4.78 is 0. The predicted molar refractivity (Wildman–Crippen MR) is 82.4 cm³/mol. The topological polar surface area (TPSA) is 20.2 Å². The molecule has 0 aromatic heterocycles. The van der Waals surface area contributed by atoms with Crippen LogP contribution in [0.1, 0.15) is 78.6 Å². The normalized spacial score (nSPS) is 57.0. The lowest BCUT2D eigenvalue weighted by Crippen LogP contribution is -2.55. The summed E-state index contributed by atoms with van der Waals surface area (Å²) in [6, 6.07) is 0. The van der Waals surface area contributed by atoms with Crippen LogP contribution in [0.4, 0.5) is 0 Å². The first kappa shape index (κ1) is 13.6. The molecular formula is C19H32O. The second-order valence-corrected chi connectivity index (χ2v) is 9.67. The largest absolute Gasteiger partial charge is 0.393 e. The van der Waals surface area contributed by atoms with Crippen LogP contribution in [0.25, 0.3) is 0 Å². The molecule has 0 unspecified atom stereocenters. The molecule has 1 heteroatoms. The third-order valence-corrected chi connectivity index (χ3v) is 8.40. The lowest BCUT2D eigenvalue weighted by atomic mass is 9.41. The summed E-state index contributed by atoms with van der Waals surface area (Å²) in [6.07, 6.45) is 12.4. The van der Waals surface area contributed by atoms with E-state index in [1.165, 1.54) is 51.4 Å². The Labute approximate surface area is 124 Å². The van der Waals surface area contributed by atoms with Gasteiger partial charge in [0.25, 0.3) is 0 Å². The molecule has 6 atom stereocenters. The van der Waals surface area contributed by atoms with Crippen molar-refractivity contribution in [3.8, 4) is 0 Å². The van der Waals surface area contributed by atoms with Gasteiger partial charge in [0.2, 0.25) is 0 Å². The maximum Gasteiger partial charge on any atom is 0.0574 e. The number of aliphatic hydroxyl groups is 1. The summed E-state index contributed by atoms with van der Waals surface area (Å²) in [4.78, 5) is 0. The van der Waals surface area contributed by atoms with Gasteiger partial charge in [-0.05, 0) is 85.4 Å². The van der Waals surface area contributed by atoms with Crippen LogP contribution in [0.15, 0.2) is 0 Å². The lowest BCUT2D eigenvalue weighted by molar-refractivity contribution is -0.144. The van der Waals surface area contributed by atoms with Gasteiger partial charge < -0.3 is 5.11 Å². The van der Waals surface area contributed by atoms with Gasteiger partial charge in [-0.3, -0.25) is 0 Å². The number of aliphatic hydroxyl groups excluding tert-OH is 1. The highest BCUT2D eigenvalue weighted by molar-refractivity contribution is 5.13. The van der Waals surface area contributed by atoms with Crippen LogP contribution in [0, 0.1) is 34.0 Å². The smallest absolute Gasteiger partial charge is 0.0574 e. The molecule has 0 aromatic carbocycles. The van der Waals surface area contributed by atoms with Gasteiger partial charge in [-0.25, -0.2) is 0 Å². The zero-order chi connectivity index (χ0) is 14.2.